The number of halogens is 1. The molecule has 0 saturated heterocycles. The van der Waals surface area contributed by atoms with Gasteiger partial charge in [0.1, 0.15) is 0 Å². The van der Waals surface area contributed by atoms with Crippen LogP contribution in [0.3, 0.4) is 0 Å². The van der Waals surface area contributed by atoms with Crippen LogP contribution in [0.25, 0.3) is 0 Å². The maximum absolute atomic E-state index is 11.3. The van der Waals surface area contributed by atoms with Crippen molar-refractivity contribution >= 4 is 34.8 Å². The van der Waals surface area contributed by atoms with Crippen LogP contribution in [-0.4, -0.2) is 13.5 Å². The highest BCUT2D eigenvalue weighted by molar-refractivity contribution is 14.1. The van der Waals surface area contributed by atoms with Crippen molar-refractivity contribution in [2.75, 3.05) is 0 Å². The number of aromatic nitrogens is 2. The molecule has 0 spiro atoms. The Hall–Kier alpha value is -0.170. The van der Waals surface area contributed by atoms with Gasteiger partial charge < -0.3 is 4.57 Å². The lowest BCUT2D eigenvalue weighted by molar-refractivity contribution is 0.555. The van der Waals surface area contributed by atoms with Crippen LogP contribution in [0.5, 0.6) is 0 Å². The van der Waals surface area contributed by atoms with Gasteiger partial charge in [-0.25, -0.2) is 0 Å². The molecule has 0 saturated carbocycles. The summed E-state index contributed by atoms with van der Waals surface area (Å²) in [6.07, 6.45) is 7.67. The fourth-order valence-corrected chi connectivity index (χ4v) is 3.18. The first-order valence-corrected chi connectivity index (χ1v) is 8.64. The van der Waals surface area contributed by atoms with Crippen LogP contribution >= 0.6 is 34.8 Å². The lowest BCUT2D eigenvalue weighted by Gasteiger charge is -2.13. The maximum Gasteiger partial charge on any atom is 0.251 e. The molecule has 1 atom stereocenters. The minimum atomic E-state index is -0.107. The van der Waals surface area contributed by atoms with Crippen LogP contribution in [0.15, 0.2) is 10.9 Å². The van der Waals surface area contributed by atoms with Gasteiger partial charge in [0.25, 0.3) is 5.56 Å². The second-order valence-electron chi connectivity index (χ2n) is 4.97. The highest BCUT2D eigenvalue weighted by Gasteiger charge is 2.06. The number of H-pyrrole nitrogens is 1. The van der Waals surface area contributed by atoms with E-state index < -0.39 is 0 Å². The van der Waals surface area contributed by atoms with Gasteiger partial charge in [-0.2, -0.15) is 0 Å². The maximum atomic E-state index is 11.3. The van der Waals surface area contributed by atoms with Gasteiger partial charge in [0.15, 0.2) is 4.77 Å². The zero-order chi connectivity index (χ0) is 14.3. The molecule has 19 heavy (non-hydrogen) atoms. The summed E-state index contributed by atoms with van der Waals surface area (Å²) in [4.78, 5) is 14.0. The van der Waals surface area contributed by atoms with E-state index in [1.807, 2.05) is 11.5 Å². The number of rotatable bonds is 8. The summed E-state index contributed by atoms with van der Waals surface area (Å²) in [7, 11) is 0. The van der Waals surface area contributed by atoms with E-state index in [0.717, 1.165) is 18.7 Å². The number of nitrogens with zero attached hydrogens (tertiary/aromatic N) is 1. The van der Waals surface area contributed by atoms with E-state index in [4.69, 9.17) is 12.2 Å². The molecule has 0 aliphatic heterocycles. The molecule has 5 heteroatoms. The molecular weight excluding hydrogens is 371 g/mol. The fourth-order valence-electron chi connectivity index (χ4n) is 2.12. The number of hydrogen-bond acceptors (Lipinski definition) is 2. The van der Waals surface area contributed by atoms with Crippen LogP contribution < -0.4 is 5.56 Å². The van der Waals surface area contributed by atoms with Gasteiger partial charge in [0.2, 0.25) is 0 Å². The first-order valence-electron chi connectivity index (χ1n) is 6.99. The molecule has 1 unspecified atom stereocenters. The molecule has 108 valence electrons. The molecule has 0 aromatic carbocycles. The SMILES string of the molecule is CCCCCCC(I)CCn1c(C)cc(=O)[nH]c1=S. The number of hydrogen-bond donors (Lipinski definition) is 1. The monoisotopic (exact) mass is 394 g/mol. The van der Waals surface area contributed by atoms with Crippen molar-refractivity contribution in [2.45, 2.75) is 62.8 Å². The van der Waals surface area contributed by atoms with Gasteiger partial charge in [-0.15, -0.1) is 0 Å². The summed E-state index contributed by atoms with van der Waals surface area (Å²) in [6.45, 7) is 5.07. The average Bonchev–Trinajstić information content (AvgIpc) is 2.33. The van der Waals surface area contributed by atoms with E-state index in [1.54, 1.807) is 6.07 Å². The molecular formula is C14H23IN2OS. The van der Waals surface area contributed by atoms with Gasteiger partial charge in [0.05, 0.1) is 0 Å². The van der Waals surface area contributed by atoms with E-state index in [2.05, 4.69) is 34.5 Å². The molecule has 0 fully saturated rings. The molecule has 0 amide bonds. The third kappa shape index (κ3) is 6.21. The summed E-state index contributed by atoms with van der Waals surface area (Å²) in [5.41, 5.74) is 0.840. The average molecular weight is 394 g/mol. The lowest BCUT2D eigenvalue weighted by Crippen LogP contribution is -2.16. The number of unbranched alkanes of at least 4 members (excludes halogenated alkanes) is 3. The van der Waals surface area contributed by atoms with Crippen molar-refractivity contribution in [1.82, 2.24) is 9.55 Å². The van der Waals surface area contributed by atoms with Gasteiger partial charge in [0, 0.05) is 22.2 Å². The smallest absolute Gasteiger partial charge is 0.251 e. The minimum Gasteiger partial charge on any atom is -0.323 e. The summed E-state index contributed by atoms with van der Waals surface area (Å²) in [5.74, 6) is 0. The first-order chi connectivity index (χ1) is 9.04. The topological polar surface area (TPSA) is 37.8 Å². The van der Waals surface area contributed by atoms with Crippen molar-refractivity contribution in [1.29, 1.82) is 0 Å². The van der Waals surface area contributed by atoms with Crippen LogP contribution in [-0.2, 0) is 6.54 Å². The summed E-state index contributed by atoms with van der Waals surface area (Å²) >= 11 is 7.74. The number of nitrogens with one attached hydrogen (secondary N) is 1. The Kier molecular flexibility index (Phi) is 7.90. The minimum absolute atomic E-state index is 0.107. The van der Waals surface area contributed by atoms with E-state index in [-0.39, 0.29) is 5.56 Å². The number of alkyl halides is 1. The van der Waals surface area contributed by atoms with Crippen LogP contribution in [0.2, 0.25) is 0 Å². The predicted molar refractivity (Wildman–Crippen MR) is 91.8 cm³/mol. The molecule has 1 aromatic rings. The quantitative estimate of drug-likeness (QED) is 0.308. The summed E-state index contributed by atoms with van der Waals surface area (Å²) in [5, 5.41) is 0. The van der Waals surface area contributed by atoms with E-state index in [1.165, 1.54) is 32.1 Å². The molecule has 0 aliphatic rings. The Balaban J connectivity index is 2.44. The van der Waals surface area contributed by atoms with Crippen molar-refractivity contribution in [2.24, 2.45) is 0 Å². The lowest BCUT2D eigenvalue weighted by atomic mass is 10.1. The standard InChI is InChI=1S/C14H23IN2OS/c1-3-4-5-6-7-12(15)8-9-17-11(2)10-13(18)16-14(17)19/h10,12H,3-9H2,1-2H3,(H,16,18,19). The summed E-state index contributed by atoms with van der Waals surface area (Å²) in [6, 6.07) is 1.61. The van der Waals surface area contributed by atoms with Crippen LogP contribution in [0, 0.1) is 11.7 Å². The molecule has 1 aromatic heterocycles. The van der Waals surface area contributed by atoms with E-state index in [0.29, 0.717) is 8.70 Å². The Labute approximate surface area is 134 Å². The van der Waals surface area contributed by atoms with Crippen LogP contribution in [0.4, 0.5) is 0 Å². The Bertz CT molecular complexity index is 495. The predicted octanol–water partition coefficient (Wildman–Crippen LogP) is 4.38. The summed E-state index contributed by atoms with van der Waals surface area (Å²) < 4.78 is 3.25. The van der Waals surface area contributed by atoms with E-state index >= 15 is 0 Å². The largest absolute Gasteiger partial charge is 0.323 e. The Morgan fingerprint density at radius 3 is 2.74 bits per heavy atom. The van der Waals surface area contributed by atoms with Gasteiger partial charge in [-0.1, -0.05) is 55.2 Å². The second-order valence-corrected chi connectivity index (χ2v) is 7.12. The Morgan fingerprint density at radius 2 is 2.11 bits per heavy atom. The molecule has 0 radical (unpaired) electrons. The van der Waals surface area contributed by atoms with Crippen molar-refractivity contribution in [3.8, 4) is 0 Å². The highest BCUT2D eigenvalue weighted by atomic mass is 127. The van der Waals surface area contributed by atoms with Crippen molar-refractivity contribution in [3.63, 3.8) is 0 Å². The van der Waals surface area contributed by atoms with Gasteiger partial charge in [-0.3, -0.25) is 9.78 Å². The molecule has 1 heterocycles. The van der Waals surface area contributed by atoms with Crippen LogP contribution in [0.1, 0.15) is 51.1 Å². The number of aromatic amines is 1. The first kappa shape index (κ1) is 16.9. The molecule has 0 aliphatic carbocycles. The Morgan fingerprint density at radius 1 is 1.37 bits per heavy atom. The van der Waals surface area contributed by atoms with Crippen molar-refractivity contribution < 1.29 is 0 Å². The highest BCUT2D eigenvalue weighted by Crippen LogP contribution is 2.17. The molecule has 1 N–H and O–H groups in total. The van der Waals surface area contributed by atoms with E-state index in [9.17, 15) is 4.79 Å². The third-order valence-corrected chi connectivity index (χ3v) is 4.85. The fraction of sp³-hybridized carbons (Fsp3) is 0.714. The third-order valence-electron chi connectivity index (χ3n) is 3.28. The van der Waals surface area contributed by atoms with Gasteiger partial charge >= 0.3 is 0 Å². The van der Waals surface area contributed by atoms with Crippen molar-refractivity contribution in [3.05, 3.63) is 26.9 Å². The van der Waals surface area contributed by atoms with Gasteiger partial charge in [-0.05, 0) is 32.0 Å². The molecule has 3 nitrogen and oxygen atoms in total. The zero-order valence-corrected chi connectivity index (χ0v) is 14.7. The number of aryl methyl sites for hydroxylation is 1. The second kappa shape index (κ2) is 8.89. The normalized spacial score (nSPS) is 12.6. The molecule has 1 rings (SSSR count). The zero-order valence-electron chi connectivity index (χ0n) is 11.7. The molecule has 0 bridgehead atoms.